The Morgan fingerprint density at radius 2 is 1.74 bits per heavy atom. The van der Waals surface area contributed by atoms with Crippen molar-refractivity contribution >= 4 is 12.2 Å². The number of piperidine rings is 1. The molecule has 2 aromatic rings. The van der Waals surface area contributed by atoms with Crippen molar-refractivity contribution in [2.45, 2.75) is 58.1 Å². The monoisotopic (exact) mass is 541 g/mol. The summed E-state index contributed by atoms with van der Waals surface area (Å²) in [5, 5.41) is 0. The summed E-state index contributed by atoms with van der Waals surface area (Å²) in [6.07, 6.45) is 5.04. The van der Waals surface area contributed by atoms with Crippen LogP contribution >= 0.6 is 0 Å². The zero-order valence-electron chi connectivity index (χ0n) is 23.2. The first-order valence-electron chi connectivity index (χ1n) is 13.4. The number of hydrogen-bond acceptors (Lipinski definition) is 6. The van der Waals surface area contributed by atoms with E-state index >= 15 is 0 Å². The maximum absolute atomic E-state index is 13.2. The molecule has 1 saturated carbocycles. The number of benzene rings is 1. The van der Waals surface area contributed by atoms with E-state index in [2.05, 4.69) is 11.6 Å². The molecule has 0 radical (unpaired) electrons. The second kappa shape index (κ2) is 14.0. The smallest absolute Gasteiger partial charge is 0.410 e. The Morgan fingerprint density at radius 3 is 2.23 bits per heavy atom. The minimum absolute atomic E-state index is 0.145. The molecule has 8 nitrogen and oxygen atoms in total. The van der Waals surface area contributed by atoms with Gasteiger partial charge in [0.1, 0.15) is 18.0 Å². The number of hydrogen-bond donors (Lipinski definition) is 0. The zero-order valence-corrected chi connectivity index (χ0v) is 23.2. The van der Waals surface area contributed by atoms with Gasteiger partial charge in [0.05, 0.1) is 12.8 Å². The van der Waals surface area contributed by atoms with E-state index in [1.165, 1.54) is 12.1 Å². The molecule has 1 aliphatic carbocycles. The van der Waals surface area contributed by atoms with Crippen molar-refractivity contribution in [3.8, 4) is 5.88 Å². The molecule has 39 heavy (non-hydrogen) atoms. The lowest BCUT2D eigenvalue weighted by Crippen LogP contribution is -2.52. The van der Waals surface area contributed by atoms with Gasteiger partial charge in [-0.3, -0.25) is 0 Å². The molecule has 1 saturated heterocycles. The lowest BCUT2D eigenvalue weighted by molar-refractivity contribution is -0.00878. The number of carbonyl (C=O) groups excluding carboxylic acids is 2. The quantitative estimate of drug-likeness (QED) is 0.376. The summed E-state index contributed by atoms with van der Waals surface area (Å²) in [4.78, 5) is 32.7. The van der Waals surface area contributed by atoms with Crippen LogP contribution in [0.1, 0.15) is 46.5 Å². The standard InChI is InChI=1S/C24H34FN3O5.C6H6/c1-5-14-31-22(30)28(19-7-8-19)16-24(17-32-20-9-6-18(25)15-26-20)10-12-27(13-11-24)21(29)33-23(2,3)4;1-2-4-6-5-3-1/h5-6,9,15,19H,1,7-8,10-14,16-17H2,2-4H3;1-6H. The van der Waals surface area contributed by atoms with E-state index in [9.17, 15) is 14.0 Å². The maximum Gasteiger partial charge on any atom is 0.410 e. The van der Waals surface area contributed by atoms with Crippen LogP contribution in [0.5, 0.6) is 5.88 Å². The lowest BCUT2D eigenvalue weighted by Gasteiger charge is -2.43. The predicted molar refractivity (Wildman–Crippen MR) is 147 cm³/mol. The van der Waals surface area contributed by atoms with Crippen LogP contribution < -0.4 is 4.74 Å². The molecule has 212 valence electrons. The average molecular weight is 542 g/mol. The Morgan fingerprint density at radius 1 is 1.13 bits per heavy atom. The first-order chi connectivity index (χ1) is 18.6. The highest BCUT2D eigenvalue weighted by molar-refractivity contribution is 5.69. The molecule has 2 heterocycles. The fraction of sp³-hybridized carbons (Fsp3) is 0.500. The fourth-order valence-electron chi connectivity index (χ4n) is 4.20. The minimum atomic E-state index is -0.569. The van der Waals surface area contributed by atoms with Gasteiger partial charge < -0.3 is 24.0 Å². The van der Waals surface area contributed by atoms with Gasteiger partial charge >= 0.3 is 12.2 Å². The Bertz CT molecular complexity index is 1020. The van der Waals surface area contributed by atoms with Gasteiger partial charge in [0.2, 0.25) is 5.88 Å². The molecule has 2 aliphatic rings. The van der Waals surface area contributed by atoms with E-state index in [0.717, 1.165) is 19.0 Å². The Balaban J connectivity index is 0.000000617. The number of amides is 2. The number of ether oxygens (including phenoxy) is 3. The second-order valence-electron chi connectivity index (χ2n) is 11.0. The summed E-state index contributed by atoms with van der Waals surface area (Å²) >= 11 is 0. The van der Waals surface area contributed by atoms with Crippen LogP contribution in [0.2, 0.25) is 0 Å². The number of carbonyl (C=O) groups is 2. The molecule has 0 spiro atoms. The highest BCUT2D eigenvalue weighted by Crippen LogP contribution is 2.38. The van der Waals surface area contributed by atoms with Gasteiger partial charge in [0, 0.05) is 37.2 Å². The normalized spacial score (nSPS) is 16.3. The van der Waals surface area contributed by atoms with Gasteiger partial charge in [-0.1, -0.05) is 49.1 Å². The van der Waals surface area contributed by atoms with Crippen LogP contribution in [0.4, 0.5) is 14.0 Å². The third kappa shape index (κ3) is 10.2. The Hall–Kier alpha value is -3.62. The number of likely N-dealkylation sites (tertiary alicyclic amines) is 1. The topological polar surface area (TPSA) is 81.2 Å². The molecular formula is C30H40FN3O5. The van der Waals surface area contributed by atoms with E-state index in [1.54, 1.807) is 15.9 Å². The third-order valence-corrected chi connectivity index (χ3v) is 6.42. The molecule has 1 aromatic heterocycles. The van der Waals surface area contributed by atoms with Gasteiger partial charge in [-0.25, -0.2) is 19.0 Å². The van der Waals surface area contributed by atoms with Gasteiger partial charge in [0.25, 0.3) is 0 Å². The van der Waals surface area contributed by atoms with Crippen LogP contribution in [0.3, 0.4) is 0 Å². The molecule has 0 unspecified atom stereocenters. The zero-order chi connectivity index (χ0) is 28.3. The lowest BCUT2D eigenvalue weighted by atomic mass is 9.78. The van der Waals surface area contributed by atoms with Gasteiger partial charge in [-0.15, -0.1) is 0 Å². The second-order valence-corrected chi connectivity index (χ2v) is 11.0. The van der Waals surface area contributed by atoms with Crippen molar-refractivity contribution in [2.24, 2.45) is 5.41 Å². The van der Waals surface area contributed by atoms with E-state index < -0.39 is 16.8 Å². The fourth-order valence-corrected chi connectivity index (χ4v) is 4.20. The molecule has 2 amide bonds. The summed E-state index contributed by atoms with van der Waals surface area (Å²) in [5.41, 5.74) is -0.981. The molecular weight excluding hydrogens is 501 g/mol. The van der Waals surface area contributed by atoms with E-state index in [4.69, 9.17) is 14.2 Å². The first kappa shape index (κ1) is 29.9. The first-order valence-corrected chi connectivity index (χ1v) is 13.4. The van der Waals surface area contributed by atoms with Crippen LogP contribution in [-0.2, 0) is 9.47 Å². The molecule has 0 atom stereocenters. The van der Waals surface area contributed by atoms with Crippen molar-refractivity contribution in [1.82, 2.24) is 14.8 Å². The van der Waals surface area contributed by atoms with Gasteiger partial charge in [-0.2, -0.15) is 0 Å². The summed E-state index contributed by atoms with van der Waals surface area (Å²) in [6, 6.07) is 14.9. The van der Waals surface area contributed by atoms with E-state index in [-0.39, 0.29) is 31.4 Å². The Kier molecular flexibility index (Phi) is 10.7. The molecule has 4 rings (SSSR count). The summed E-state index contributed by atoms with van der Waals surface area (Å²) < 4.78 is 30.0. The van der Waals surface area contributed by atoms with Crippen molar-refractivity contribution < 1.29 is 28.2 Å². The van der Waals surface area contributed by atoms with Crippen molar-refractivity contribution in [3.63, 3.8) is 0 Å². The molecule has 9 heteroatoms. The van der Waals surface area contributed by atoms with Gasteiger partial charge in [0.15, 0.2) is 0 Å². The van der Waals surface area contributed by atoms with Crippen molar-refractivity contribution in [2.75, 3.05) is 32.8 Å². The summed E-state index contributed by atoms with van der Waals surface area (Å²) in [6.45, 7) is 11.0. The van der Waals surface area contributed by atoms with E-state index in [1.807, 2.05) is 57.2 Å². The summed E-state index contributed by atoms with van der Waals surface area (Å²) in [7, 11) is 0. The average Bonchev–Trinajstić information content (AvgIpc) is 3.76. The number of aromatic nitrogens is 1. The molecule has 1 aromatic carbocycles. The van der Waals surface area contributed by atoms with E-state index in [0.29, 0.717) is 38.4 Å². The molecule has 2 fully saturated rings. The number of halogens is 1. The Labute approximate surface area is 230 Å². The summed E-state index contributed by atoms with van der Waals surface area (Å²) in [5.74, 6) is -0.120. The third-order valence-electron chi connectivity index (χ3n) is 6.42. The van der Waals surface area contributed by atoms with Crippen molar-refractivity contribution in [3.05, 3.63) is 73.2 Å². The number of rotatable bonds is 8. The number of pyridine rings is 1. The SMILES string of the molecule is C=CCOC(=O)N(CC1(COc2ccc(F)cn2)CCN(C(=O)OC(C)(C)C)CC1)C1CC1.c1ccccc1. The molecule has 1 aliphatic heterocycles. The van der Waals surface area contributed by atoms with Crippen LogP contribution in [-0.4, -0.2) is 71.5 Å². The molecule has 0 bridgehead atoms. The number of nitrogens with zero attached hydrogens (tertiary/aromatic N) is 3. The maximum atomic E-state index is 13.2. The van der Waals surface area contributed by atoms with Crippen molar-refractivity contribution in [1.29, 1.82) is 0 Å². The van der Waals surface area contributed by atoms with Crippen LogP contribution in [0.15, 0.2) is 67.4 Å². The minimum Gasteiger partial charge on any atom is -0.477 e. The largest absolute Gasteiger partial charge is 0.477 e. The van der Waals surface area contributed by atoms with Crippen LogP contribution in [0, 0.1) is 11.2 Å². The van der Waals surface area contributed by atoms with Crippen LogP contribution in [0.25, 0.3) is 0 Å². The molecule has 0 N–H and O–H groups in total. The van der Waals surface area contributed by atoms with Gasteiger partial charge in [-0.05, 0) is 52.5 Å². The predicted octanol–water partition coefficient (Wildman–Crippen LogP) is 6.09. The highest BCUT2D eigenvalue weighted by atomic mass is 19.1. The highest BCUT2D eigenvalue weighted by Gasteiger charge is 2.44.